The first-order valence-electron chi connectivity index (χ1n) is 7.15. The summed E-state index contributed by atoms with van der Waals surface area (Å²) >= 11 is 3.72. The molecule has 1 unspecified atom stereocenters. The Kier molecular flexibility index (Phi) is 4.50. The fourth-order valence-electron chi connectivity index (χ4n) is 2.93. The van der Waals surface area contributed by atoms with Gasteiger partial charge in [0.15, 0.2) is 0 Å². The van der Waals surface area contributed by atoms with Crippen LogP contribution in [-0.4, -0.2) is 0 Å². The summed E-state index contributed by atoms with van der Waals surface area (Å²) in [6, 6.07) is 6.77. The minimum absolute atomic E-state index is 0.0885. The minimum Gasteiger partial charge on any atom is -0.321 e. The summed E-state index contributed by atoms with van der Waals surface area (Å²) in [6.07, 6.45) is 7.30. The minimum atomic E-state index is -0.0885. The SMILES string of the molecule is CCC(C)c1ccc(C2(N)CCCCC2)cc1Br. The van der Waals surface area contributed by atoms with E-state index in [1.54, 1.807) is 0 Å². The van der Waals surface area contributed by atoms with Gasteiger partial charge in [0.1, 0.15) is 0 Å². The number of hydrogen-bond donors (Lipinski definition) is 1. The molecule has 0 amide bonds. The second-order valence-electron chi connectivity index (χ2n) is 5.76. The van der Waals surface area contributed by atoms with Crippen molar-refractivity contribution in [2.24, 2.45) is 5.73 Å². The van der Waals surface area contributed by atoms with Gasteiger partial charge in [-0.15, -0.1) is 0 Å². The lowest BCUT2D eigenvalue weighted by molar-refractivity contribution is 0.302. The molecule has 0 spiro atoms. The van der Waals surface area contributed by atoms with Crippen LogP contribution in [0.25, 0.3) is 0 Å². The Labute approximate surface area is 119 Å². The third kappa shape index (κ3) is 2.80. The summed E-state index contributed by atoms with van der Waals surface area (Å²) in [5.41, 5.74) is 9.21. The van der Waals surface area contributed by atoms with E-state index in [4.69, 9.17) is 5.73 Å². The van der Waals surface area contributed by atoms with Crippen LogP contribution in [0.15, 0.2) is 22.7 Å². The molecule has 2 N–H and O–H groups in total. The van der Waals surface area contributed by atoms with E-state index in [0.29, 0.717) is 5.92 Å². The summed E-state index contributed by atoms with van der Waals surface area (Å²) in [6.45, 7) is 4.51. The maximum Gasteiger partial charge on any atom is 0.0410 e. The number of halogens is 1. The fourth-order valence-corrected chi connectivity index (χ4v) is 3.70. The highest BCUT2D eigenvalue weighted by Crippen LogP contribution is 2.37. The Morgan fingerprint density at radius 2 is 1.94 bits per heavy atom. The third-order valence-electron chi connectivity index (χ3n) is 4.46. The van der Waals surface area contributed by atoms with Crippen molar-refractivity contribution in [3.63, 3.8) is 0 Å². The Morgan fingerprint density at radius 1 is 1.28 bits per heavy atom. The number of nitrogens with two attached hydrogens (primary N) is 1. The first-order chi connectivity index (χ1) is 8.57. The average Bonchev–Trinajstić information content (AvgIpc) is 2.38. The van der Waals surface area contributed by atoms with Crippen LogP contribution < -0.4 is 5.73 Å². The molecule has 0 aliphatic heterocycles. The van der Waals surface area contributed by atoms with Crippen molar-refractivity contribution in [3.05, 3.63) is 33.8 Å². The topological polar surface area (TPSA) is 26.0 Å². The van der Waals surface area contributed by atoms with Crippen LogP contribution in [-0.2, 0) is 5.54 Å². The van der Waals surface area contributed by atoms with Crippen LogP contribution >= 0.6 is 15.9 Å². The highest BCUT2D eigenvalue weighted by molar-refractivity contribution is 9.10. The zero-order valence-electron chi connectivity index (χ0n) is 11.5. The van der Waals surface area contributed by atoms with E-state index >= 15 is 0 Å². The lowest BCUT2D eigenvalue weighted by Crippen LogP contribution is -2.38. The maximum absolute atomic E-state index is 6.59. The van der Waals surface area contributed by atoms with Crippen molar-refractivity contribution in [2.75, 3.05) is 0 Å². The molecule has 0 aromatic heterocycles. The van der Waals surface area contributed by atoms with Gasteiger partial charge in [-0.3, -0.25) is 0 Å². The molecule has 1 aliphatic carbocycles. The zero-order valence-corrected chi connectivity index (χ0v) is 13.1. The smallest absolute Gasteiger partial charge is 0.0410 e. The second kappa shape index (κ2) is 5.75. The summed E-state index contributed by atoms with van der Waals surface area (Å²) in [7, 11) is 0. The molecule has 1 nitrogen and oxygen atoms in total. The highest BCUT2D eigenvalue weighted by Gasteiger charge is 2.29. The first-order valence-corrected chi connectivity index (χ1v) is 7.95. The molecule has 1 aromatic carbocycles. The largest absolute Gasteiger partial charge is 0.321 e. The van der Waals surface area contributed by atoms with Gasteiger partial charge in [-0.25, -0.2) is 0 Å². The standard InChI is InChI=1S/C16H24BrN/c1-3-12(2)14-8-7-13(11-15(14)17)16(18)9-5-4-6-10-16/h7-8,11-12H,3-6,9-10,18H2,1-2H3. The van der Waals surface area contributed by atoms with Gasteiger partial charge in [-0.1, -0.05) is 61.2 Å². The van der Waals surface area contributed by atoms with Crippen LogP contribution in [0.1, 0.15) is 69.4 Å². The quantitative estimate of drug-likeness (QED) is 0.827. The van der Waals surface area contributed by atoms with Crippen molar-refractivity contribution in [1.82, 2.24) is 0 Å². The van der Waals surface area contributed by atoms with E-state index in [9.17, 15) is 0 Å². The van der Waals surface area contributed by atoms with Crippen LogP contribution in [0.2, 0.25) is 0 Å². The van der Waals surface area contributed by atoms with Crippen molar-refractivity contribution in [3.8, 4) is 0 Å². The fraction of sp³-hybridized carbons (Fsp3) is 0.625. The zero-order chi connectivity index (χ0) is 13.2. The van der Waals surface area contributed by atoms with Crippen molar-refractivity contribution >= 4 is 15.9 Å². The Bertz CT molecular complexity index is 408. The van der Waals surface area contributed by atoms with Gasteiger partial charge in [-0.05, 0) is 42.4 Å². The van der Waals surface area contributed by atoms with E-state index in [1.165, 1.54) is 41.3 Å². The van der Waals surface area contributed by atoms with E-state index in [0.717, 1.165) is 12.8 Å². The molecule has 100 valence electrons. The predicted octanol–water partition coefficient (Wildman–Crippen LogP) is 5.08. The molecular formula is C16H24BrN. The van der Waals surface area contributed by atoms with E-state index in [2.05, 4.69) is 48.0 Å². The van der Waals surface area contributed by atoms with Gasteiger partial charge in [0.2, 0.25) is 0 Å². The molecule has 1 aromatic rings. The summed E-state index contributed by atoms with van der Waals surface area (Å²) in [5.74, 6) is 0.605. The lowest BCUT2D eigenvalue weighted by atomic mass is 9.77. The summed E-state index contributed by atoms with van der Waals surface area (Å²) < 4.78 is 1.23. The molecule has 1 fully saturated rings. The predicted molar refractivity (Wildman–Crippen MR) is 81.8 cm³/mol. The van der Waals surface area contributed by atoms with Gasteiger partial charge >= 0.3 is 0 Å². The summed E-state index contributed by atoms with van der Waals surface area (Å²) in [5, 5.41) is 0. The molecule has 2 heteroatoms. The summed E-state index contributed by atoms with van der Waals surface area (Å²) in [4.78, 5) is 0. The van der Waals surface area contributed by atoms with Crippen molar-refractivity contribution in [2.45, 2.75) is 63.8 Å². The first kappa shape index (κ1) is 14.1. The van der Waals surface area contributed by atoms with E-state index in [1.807, 2.05) is 0 Å². The van der Waals surface area contributed by atoms with Gasteiger partial charge in [0.25, 0.3) is 0 Å². The van der Waals surface area contributed by atoms with Crippen LogP contribution in [0, 0.1) is 0 Å². The molecule has 0 heterocycles. The van der Waals surface area contributed by atoms with Gasteiger partial charge in [-0.2, -0.15) is 0 Å². The van der Waals surface area contributed by atoms with Crippen molar-refractivity contribution < 1.29 is 0 Å². The second-order valence-corrected chi connectivity index (χ2v) is 6.62. The normalized spacial score (nSPS) is 20.7. The Hall–Kier alpha value is -0.340. The average molecular weight is 310 g/mol. The van der Waals surface area contributed by atoms with Crippen LogP contribution in [0.5, 0.6) is 0 Å². The van der Waals surface area contributed by atoms with E-state index < -0.39 is 0 Å². The van der Waals surface area contributed by atoms with Crippen molar-refractivity contribution in [1.29, 1.82) is 0 Å². The monoisotopic (exact) mass is 309 g/mol. The Morgan fingerprint density at radius 3 is 2.50 bits per heavy atom. The van der Waals surface area contributed by atoms with Crippen LogP contribution in [0.3, 0.4) is 0 Å². The number of benzene rings is 1. The lowest BCUT2D eigenvalue weighted by Gasteiger charge is -2.34. The number of rotatable bonds is 3. The molecule has 1 atom stereocenters. The molecule has 0 bridgehead atoms. The molecule has 0 radical (unpaired) electrons. The molecular weight excluding hydrogens is 286 g/mol. The van der Waals surface area contributed by atoms with Crippen LogP contribution in [0.4, 0.5) is 0 Å². The number of hydrogen-bond acceptors (Lipinski definition) is 1. The molecule has 0 saturated heterocycles. The molecule has 18 heavy (non-hydrogen) atoms. The van der Waals surface area contributed by atoms with E-state index in [-0.39, 0.29) is 5.54 Å². The molecule has 1 saturated carbocycles. The molecule has 1 aliphatic rings. The maximum atomic E-state index is 6.59. The van der Waals surface area contributed by atoms with Gasteiger partial charge in [0.05, 0.1) is 0 Å². The third-order valence-corrected chi connectivity index (χ3v) is 5.15. The van der Waals surface area contributed by atoms with Gasteiger partial charge in [0, 0.05) is 10.0 Å². The Balaban J connectivity index is 2.28. The highest BCUT2D eigenvalue weighted by atomic mass is 79.9. The molecule has 2 rings (SSSR count). The van der Waals surface area contributed by atoms with Gasteiger partial charge < -0.3 is 5.73 Å².